The number of amides is 1. The molecule has 1 amide bonds. The van der Waals surface area contributed by atoms with Crippen molar-refractivity contribution < 1.29 is 32.9 Å². The van der Waals surface area contributed by atoms with Gasteiger partial charge >= 0.3 is 0 Å². The Hall–Kier alpha value is -1.28. The first-order valence-corrected chi connectivity index (χ1v) is 20.3. The Morgan fingerprint density at radius 3 is 1.74 bits per heavy atom. The zero-order valence-corrected chi connectivity index (χ0v) is 31.9. The molecular weight excluding hydrogens is 611 g/mol. The van der Waals surface area contributed by atoms with Gasteiger partial charge in [0.25, 0.3) is 7.82 Å². The Labute approximate surface area is 289 Å². The first-order chi connectivity index (χ1) is 22.5. The summed E-state index contributed by atoms with van der Waals surface area (Å²) >= 11 is 0. The number of phosphoric acid groups is 1. The van der Waals surface area contributed by atoms with Crippen molar-refractivity contribution in [1.29, 1.82) is 0 Å². The van der Waals surface area contributed by atoms with Crippen molar-refractivity contribution in [3.05, 3.63) is 36.5 Å². The van der Waals surface area contributed by atoms with E-state index in [-0.39, 0.29) is 12.5 Å². The van der Waals surface area contributed by atoms with Gasteiger partial charge in [0, 0.05) is 6.42 Å². The molecule has 0 saturated heterocycles. The lowest BCUT2D eigenvalue weighted by Crippen LogP contribution is -2.45. The van der Waals surface area contributed by atoms with Gasteiger partial charge in [0.05, 0.1) is 39.9 Å². The van der Waals surface area contributed by atoms with Crippen LogP contribution in [-0.4, -0.2) is 68.5 Å². The van der Waals surface area contributed by atoms with E-state index < -0.39 is 26.6 Å². The molecule has 8 nitrogen and oxygen atoms in total. The van der Waals surface area contributed by atoms with E-state index in [1.54, 1.807) is 6.08 Å². The molecule has 1 unspecified atom stereocenters. The summed E-state index contributed by atoms with van der Waals surface area (Å²) in [5.74, 6) is -0.221. The normalized spacial score (nSPS) is 15.1. The van der Waals surface area contributed by atoms with Gasteiger partial charge in [-0.15, -0.1) is 0 Å². The predicted octanol–water partition coefficient (Wildman–Crippen LogP) is 8.94. The van der Waals surface area contributed by atoms with Gasteiger partial charge in [-0.1, -0.05) is 121 Å². The highest BCUT2D eigenvalue weighted by atomic mass is 31.2. The lowest BCUT2D eigenvalue weighted by molar-refractivity contribution is -0.870. The monoisotopic (exact) mass is 685 g/mol. The third-order valence-electron chi connectivity index (χ3n) is 8.07. The largest absolute Gasteiger partial charge is 0.756 e. The van der Waals surface area contributed by atoms with E-state index in [9.17, 15) is 19.4 Å². The zero-order valence-electron chi connectivity index (χ0n) is 31.0. The topological polar surface area (TPSA) is 108 Å². The molecule has 3 atom stereocenters. The van der Waals surface area contributed by atoms with E-state index in [2.05, 4.69) is 43.5 Å². The van der Waals surface area contributed by atoms with Crippen LogP contribution in [0.25, 0.3) is 0 Å². The van der Waals surface area contributed by atoms with Crippen molar-refractivity contribution in [3.63, 3.8) is 0 Å². The van der Waals surface area contributed by atoms with Gasteiger partial charge < -0.3 is 28.8 Å². The number of rotatable bonds is 33. The second-order valence-electron chi connectivity index (χ2n) is 13.9. The van der Waals surface area contributed by atoms with Crippen molar-refractivity contribution >= 4 is 13.7 Å². The zero-order chi connectivity index (χ0) is 35.1. The molecule has 0 aromatic heterocycles. The highest BCUT2D eigenvalue weighted by molar-refractivity contribution is 7.45. The summed E-state index contributed by atoms with van der Waals surface area (Å²) < 4.78 is 23.0. The van der Waals surface area contributed by atoms with Gasteiger partial charge in [0.15, 0.2) is 0 Å². The molecule has 0 heterocycles. The van der Waals surface area contributed by atoms with Crippen LogP contribution >= 0.6 is 7.82 Å². The number of likely N-dealkylation sites (N-methyl/N-ethyl adjacent to an activating group) is 1. The molecule has 47 heavy (non-hydrogen) atoms. The second kappa shape index (κ2) is 30.8. The lowest BCUT2D eigenvalue weighted by Gasteiger charge is -2.29. The predicted molar refractivity (Wildman–Crippen MR) is 196 cm³/mol. The maximum Gasteiger partial charge on any atom is 0.268 e. The fourth-order valence-corrected chi connectivity index (χ4v) is 5.71. The minimum atomic E-state index is -4.58. The Bertz CT molecular complexity index is 871. The number of phosphoric ester groups is 1. The fourth-order valence-electron chi connectivity index (χ4n) is 4.98. The van der Waals surface area contributed by atoms with E-state index in [1.807, 2.05) is 27.2 Å². The van der Waals surface area contributed by atoms with Crippen LogP contribution in [0.3, 0.4) is 0 Å². The van der Waals surface area contributed by atoms with Gasteiger partial charge in [-0.2, -0.15) is 0 Å². The summed E-state index contributed by atoms with van der Waals surface area (Å²) in [6.45, 7) is 4.54. The Kier molecular flexibility index (Phi) is 29.9. The Balaban J connectivity index is 4.56. The number of carbonyl (C=O) groups excluding carboxylic acids is 1. The third-order valence-corrected chi connectivity index (χ3v) is 9.04. The third kappa shape index (κ3) is 33.0. The van der Waals surface area contributed by atoms with E-state index in [0.717, 1.165) is 57.8 Å². The summed E-state index contributed by atoms with van der Waals surface area (Å²) in [7, 11) is 1.23. The number of nitrogens with one attached hydrogen (secondary N) is 1. The van der Waals surface area contributed by atoms with Crippen LogP contribution in [0.15, 0.2) is 36.5 Å². The van der Waals surface area contributed by atoms with Gasteiger partial charge in [-0.25, -0.2) is 0 Å². The summed E-state index contributed by atoms with van der Waals surface area (Å²) in [5.41, 5.74) is 0. The number of aliphatic hydroxyl groups excluding tert-OH is 1. The van der Waals surface area contributed by atoms with Crippen molar-refractivity contribution in [2.24, 2.45) is 0 Å². The highest BCUT2D eigenvalue weighted by Crippen LogP contribution is 2.38. The number of nitrogens with zero attached hydrogens (tertiary/aromatic N) is 1. The summed E-state index contributed by atoms with van der Waals surface area (Å²) in [6.07, 6.45) is 34.8. The number of hydrogen-bond donors (Lipinski definition) is 2. The second-order valence-corrected chi connectivity index (χ2v) is 15.3. The minimum absolute atomic E-state index is 0.00857. The first-order valence-electron chi connectivity index (χ1n) is 18.9. The molecular formula is C38H73N2O6P. The van der Waals surface area contributed by atoms with Crippen LogP contribution in [0, 0.1) is 0 Å². The molecule has 2 N–H and O–H groups in total. The van der Waals surface area contributed by atoms with Gasteiger partial charge in [0.2, 0.25) is 5.91 Å². The Morgan fingerprint density at radius 1 is 0.723 bits per heavy atom. The van der Waals surface area contributed by atoms with E-state index in [1.165, 1.54) is 70.6 Å². The molecule has 0 spiro atoms. The smallest absolute Gasteiger partial charge is 0.268 e. The molecule has 276 valence electrons. The van der Waals surface area contributed by atoms with Crippen LogP contribution in [0.5, 0.6) is 0 Å². The van der Waals surface area contributed by atoms with Gasteiger partial charge in [-0.05, 0) is 57.8 Å². The number of carbonyl (C=O) groups is 1. The number of aliphatic hydroxyl groups is 1. The van der Waals surface area contributed by atoms with Crippen molar-refractivity contribution in [3.8, 4) is 0 Å². The van der Waals surface area contributed by atoms with Crippen molar-refractivity contribution in [2.75, 3.05) is 40.9 Å². The highest BCUT2D eigenvalue weighted by Gasteiger charge is 2.23. The van der Waals surface area contributed by atoms with Crippen LogP contribution in [-0.2, 0) is 18.4 Å². The molecule has 0 aliphatic heterocycles. The fraction of sp³-hybridized carbons (Fsp3) is 0.816. The van der Waals surface area contributed by atoms with Crippen LogP contribution in [0.2, 0.25) is 0 Å². The van der Waals surface area contributed by atoms with Gasteiger partial charge in [0.1, 0.15) is 13.2 Å². The summed E-state index contributed by atoms with van der Waals surface area (Å²) in [6, 6.07) is -0.903. The SMILES string of the molecule is CCCCCC/C=C/CC/C=C/[C@@H](O)[C@H](COP(=O)([O-])OCC[N+](C)(C)C)NC(=O)CCCCCCC/C=C/CCCCCCCC. The number of hydrogen-bond acceptors (Lipinski definition) is 6. The molecule has 0 aliphatic carbocycles. The lowest BCUT2D eigenvalue weighted by atomic mass is 10.1. The van der Waals surface area contributed by atoms with Crippen molar-refractivity contribution in [2.45, 2.75) is 161 Å². The summed E-state index contributed by atoms with van der Waals surface area (Å²) in [5, 5.41) is 13.6. The molecule has 0 bridgehead atoms. The van der Waals surface area contributed by atoms with Crippen LogP contribution in [0.4, 0.5) is 0 Å². The standard InChI is InChI=1S/C38H73N2O6P/c1-6-8-10-12-14-16-18-19-20-21-22-24-26-28-30-32-38(42)39-36(35-46-47(43,44)45-34-33-40(3,4)5)37(41)31-29-27-25-23-17-15-13-11-9-7-2/h17,19-20,23,29,31,36-37,41H,6-16,18,21-22,24-28,30,32-35H2,1-5H3,(H-,39,42,43,44)/b20-19+,23-17+,31-29+/t36-,37+/m0/s1. The van der Waals surface area contributed by atoms with E-state index in [0.29, 0.717) is 17.4 Å². The van der Waals surface area contributed by atoms with E-state index in [4.69, 9.17) is 9.05 Å². The summed E-state index contributed by atoms with van der Waals surface area (Å²) in [4.78, 5) is 25.1. The molecule has 0 aliphatic rings. The van der Waals surface area contributed by atoms with Gasteiger partial charge in [-0.3, -0.25) is 9.36 Å². The average Bonchev–Trinajstić information content (AvgIpc) is 3.01. The van der Waals surface area contributed by atoms with Crippen LogP contribution < -0.4 is 10.2 Å². The molecule has 0 fully saturated rings. The maximum atomic E-state index is 12.7. The Morgan fingerprint density at radius 2 is 1.19 bits per heavy atom. The first kappa shape index (κ1) is 45.7. The number of unbranched alkanes of at least 4 members (excludes halogenated alkanes) is 16. The number of allylic oxidation sites excluding steroid dienone is 5. The average molecular weight is 685 g/mol. The molecule has 9 heteroatoms. The molecule has 0 radical (unpaired) electrons. The maximum absolute atomic E-state index is 12.7. The molecule has 0 aromatic carbocycles. The minimum Gasteiger partial charge on any atom is -0.756 e. The molecule has 0 saturated carbocycles. The number of quaternary nitrogens is 1. The van der Waals surface area contributed by atoms with E-state index >= 15 is 0 Å². The van der Waals surface area contributed by atoms with Crippen LogP contribution in [0.1, 0.15) is 149 Å². The van der Waals surface area contributed by atoms with Crippen molar-refractivity contribution in [1.82, 2.24) is 5.32 Å². The molecule has 0 aromatic rings. The molecule has 0 rings (SSSR count). The quantitative estimate of drug-likeness (QED) is 0.0309.